The third kappa shape index (κ3) is 4.73. The van der Waals surface area contributed by atoms with E-state index in [-0.39, 0.29) is 29.8 Å². The SMILES string of the molecule is Cc1cc(C(=O)O)cc(C(=O)NCc2cccc(NC(=O)C3CCC3)c2)c1. The van der Waals surface area contributed by atoms with E-state index in [1.807, 2.05) is 24.3 Å². The summed E-state index contributed by atoms with van der Waals surface area (Å²) in [4.78, 5) is 35.6. The molecule has 2 amide bonds. The van der Waals surface area contributed by atoms with Gasteiger partial charge in [-0.15, -0.1) is 0 Å². The van der Waals surface area contributed by atoms with Gasteiger partial charge in [-0.3, -0.25) is 9.59 Å². The van der Waals surface area contributed by atoms with Crippen molar-refractivity contribution in [2.24, 2.45) is 5.92 Å². The molecule has 1 fully saturated rings. The van der Waals surface area contributed by atoms with Crippen LogP contribution in [0.25, 0.3) is 0 Å². The first-order valence-electron chi connectivity index (χ1n) is 8.95. The van der Waals surface area contributed by atoms with Crippen LogP contribution < -0.4 is 10.6 Å². The van der Waals surface area contributed by atoms with Crippen LogP contribution in [0.4, 0.5) is 5.69 Å². The van der Waals surface area contributed by atoms with Crippen LogP contribution >= 0.6 is 0 Å². The number of aryl methyl sites for hydroxylation is 1. The highest BCUT2D eigenvalue weighted by molar-refractivity contribution is 5.98. The predicted molar refractivity (Wildman–Crippen MR) is 102 cm³/mol. The lowest BCUT2D eigenvalue weighted by atomic mass is 9.85. The average Bonchev–Trinajstić information content (AvgIpc) is 2.57. The van der Waals surface area contributed by atoms with E-state index in [9.17, 15) is 14.4 Å². The van der Waals surface area contributed by atoms with Gasteiger partial charge in [0.15, 0.2) is 0 Å². The topological polar surface area (TPSA) is 95.5 Å². The van der Waals surface area contributed by atoms with E-state index in [1.54, 1.807) is 13.0 Å². The van der Waals surface area contributed by atoms with Gasteiger partial charge in [-0.1, -0.05) is 18.6 Å². The lowest BCUT2D eigenvalue weighted by Crippen LogP contribution is -2.28. The normalized spacial score (nSPS) is 13.5. The molecule has 2 aromatic carbocycles. The summed E-state index contributed by atoms with van der Waals surface area (Å²) in [5.74, 6) is -1.26. The maximum absolute atomic E-state index is 12.4. The van der Waals surface area contributed by atoms with Crippen LogP contribution in [-0.2, 0) is 11.3 Å². The molecule has 3 N–H and O–H groups in total. The number of carboxylic acid groups (broad SMARTS) is 1. The average molecular weight is 366 g/mol. The molecule has 0 atom stereocenters. The number of hydrogen-bond acceptors (Lipinski definition) is 3. The van der Waals surface area contributed by atoms with Crippen LogP contribution in [0.1, 0.15) is 51.1 Å². The van der Waals surface area contributed by atoms with Crippen molar-refractivity contribution in [3.8, 4) is 0 Å². The molecule has 6 nitrogen and oxygen atoms in total. The third-order valence-electron chi connectivity index (χ3n) is 4.71. The Balaban J connectivity index is 1.62. The van der Waals surface area contributed by atoms with Crippen LogP contribution in [0.15, 0.2) is 42.5 Å². The number of anilines is 1. The van der Waals surface area contributed by atoms with Crippen molar-refractivity contribution in [3.63, 3.8) is 0 Å². The second-order valence-electron chi connectivity index (χ2n) is 6.89. The second kappa shape index (κ2) is 8.03. The number of carbonyl (C=O) groups excluding carboxylic acids is 2. The number of hydrogen-bond donors (Lipinski definition) is 3. The summed E-state index contributed by atoms with van der Waals surface area (Å²) in [5.41, 5.74) is 2.66. The minimum atomic E-state index is -1.07. The molecule has 27 heavy (non-hydrogen) atoms. The highest BCUT2D eigenvalue weighted by Gasteiger charge is 2.25. The van der Waals surface area contributed by atoms with E-state index in [2.05, 4.69) is 10.6 Å². The van der Waals surface area contributed by atoms with E-state index >= 15 is 0 Å². The van der Waals surface area contributed by atoms with E-state index in [0.717, 1.165) is 24.8 Å². The fraction of sp³-hybridized carbons (Fsp3) is 0.286. The van der Waals surface area contributed by atoms with Crippen molar-refractivity contribution in [1.82, 2.24) is 5.32 Å². The summed E-state index contributed by atoms with van der Waals surface area (Å²) in [6, 6.07) is 11.9. The number of carboxylic acids is 1. The molecule has 0 spiro atoms. The molecule has 1 aliphatic rings. The molecule has 0 saturated heterocycles. The molecular weight excluding hydrogens is 344 g/mol. The molecule has 140 valence electrons. The molecule has 1 aliphatic carbocycles. The number of amides is 2. The quantitative estimate of drug-likeness (QED) is 0.730. The molecule has 1 saturated carbocycles. The minimum absolute atomic E-state index is 0.0448. The van der Waals surface area contributed by atoms with Crippen molar-refractivity contribution in [3.05, 3.63) is 64.7 Å². The van der Waals surface area contributed by atoms with Crippen LogP contribution in [0.2, 0.25) is 0 Å². The van der Waals surface area contributed by atoms with Gasteiger partial charge in [0.1, 0.15) is 0 Å². The maximum Gasteiger partial charge on any atom is 0.335 e. The monoisotopic (exact) mass is 366 g/mol. The van der Waals surface area contributed by atoms with Crippen LogP contribution in [0, 0.1) is 12.8 Å². The zero-order valence-electron chi connectivity index (χ0n) is 15.1. The van der Waals surface area contributed by atoms with Crippen LogP contribution in [0.3, 0.4) is 0 Å². The van der Waals surface area contributed by atoms with Gasteiger partial charge in [-0.2, -0.15) is 0 Å². The zero-order valence-corrected chi connectivity index (χ0v) is 15.1. The molecule has 0 bridgehead atoms. The zero-order chi connectivity index (χ0) is 19.4. The fourth-order valence-corrected chi connectivity index (χ4v) is 3.00. The van der Waals surface area contributed by atoms with Gasteiger partial charge in [-0.25, -0.2) is 4.79 Å². The molecule has 0 heterocycles. The number of aromatic carboxylic acids is 1. The number of carbonyl (C=O) groups is 3. The van der Waals surface area contributed by atoms with Gasteiger partial charge in [0.2, 0.25) is 5.91 Å². The smallest absolute Gasteiger partial charge is 0.335 e. The first-order chi connectivity index (χ1) is 12.9. The van der Waals surface area contributed by atoms with Crippen molar-refractivity contribution in [2.75, 3.05) is 5.32 Å². The largest absolute Gasteiger partial charge is 0.478 e. The summed E-state index contributed by atoms with van der Waals surface area (Å²) in [6.07, 6.45) is 2.99. The predicted octanol–water partition coefficient (Wildman–Crippen LogP) is 3.36. The number of nitrogens with one attached hydrogen (secondary N) is 2. The molecule has 3 rings (SSSR count). The summed E-state index contributed by atoms with van der Waals surface area (Å²) >= 11 is 0. The molecule has 0 unspecified atom stereocenters. The third-order valence-corrected chi connectivity index (χ3v) is 4.71. The molecular formula is C21H22N2O4. The Morgan fingerprint density at radius 1 is 1.07 bits per heavy atom. The Morgan fingerprint density at radius 2 is 1.81 bits per heavy atom. The lowest BCUT2D eigenvalue weighted by molar-refractivity contribution is -0.122. The first-order valence-corrected chi connectivity index (χ1v) is 8.95. The van der Waals surface area contributed by atoms with Gasteiger partial charge in [0, 0.05) is 23.7 Å². The van der Waals surface area contributed by atoms with Gasteiger partial charge in [0.25, 0.3) is 5.91 Å². The van der Waals surface area contributed by atoms with E-state index in [4.69, 9.17) is 5.11 Å². The van der Waals surface area contributed by atoms with Crippen molar-refractivity contribution in [1.29, 1.82) is 0 Å². The molecule has 0 radical (unpaired) electrons. The van der Waals surface area contributed by atoms with Crippen molar-refractivity contribution >= 4 is 23.5 Å². The van der Waals surface area contributed by atoms with Crippen molar-refractivity contribution < 1.29 is 19.5 Å². The van der Waals surface area contributed by atoms with Gasteiger partial charge in [-0.05, 0) is 61.2 Å². The second-order valence-corrected chi connectivity index (χ2v) is 6.89. The van der Waals surface area contributed by atoms with Gasteiger partial charge in [0.05, 0.1) is 5.56 Å². The van der Waals surface area contributed by atoms with Crippen LogP contribution in [0.5, 0.6) is 0 Å². The Hall–Kier alpha value is -3.15. The number of rotatable bonds is 6. The van der Waals surface area contributed by atoms with Crippen LogP contribution in [-0.4, -0.2) is 22.9 Å². The molecule has 0 aliphatic heterocycles. The van der Waals surface area contributed by atoms with E-state index < -0.39 is 5.97 Å². The Morgan fingerprint density at radius 3 is 2.48 bits per heavy atom. The first kappa shape index (κ1) is 18.6. The van der Waals surface area contributed by atoms with Gasteiger partial charge < -0.3 is 15.7 Å². The molecule has 6 heteroatoms. The molecule has 2 aromatic rings. The maximum atomic E-state index is 12.4. The Labute approximate surface area is 157 Å². The fourth-order valence-electron chi connectivity index (χ4n) is 3.00. The Bertz CT molecular complexity index is 888. The Kier molecular flexibility index (Phi) is 5.54. The summed E-state index contributed by atoms with van der Waals surface area (Å²) in [6.45, 7) is 2.03. The summed E-state index contributed by atoms with van der Waals surface area (Å²) in [7, 11) is 0. The number of benzene rings is 2. The van der Waals surface area contributed by atoms with Gasteiger partial charge >= 0.3 is 5.97 Å². The summed E-state index contributed by atoms with van der Waals surface area (Å²) in [5, 5.41) is 14.8. The van der Waals surface area contributed by atoms with E-state index in [1.165, 1.54) is 12.1 Å². The summed E-state index contributed by atoms with van der Waals surface area (Å²) < 4.78 is 0. The standard InChI is InChI=1S/C21H22N2O4/c1-13-8-16(11-17(9-13)21(26)27)19(24)22-12-14-4-2-7-18(10-14)23-20(25)15-5-3-6-15/h2,4,7-11,15H,3,5-6,12H2,1H3,(H,22,24)(H,23,25)(H,26,27). The van der Waals surface area contributed by atoms with E-state index in [0.29, 0.717) is 16.8 Å². The van der Waals surface area contributed by atoms with Crippen molar-refractivity contribution in [2.45, 2.75) is 32.7 Å². The minimum Gasteiger partial charge on any atom is -0.478 e. The molecule has 0 aromatic heterocycles. The highest BCUT2D eigenvalue weighted by Crippen LogP contribution is 2.27. The highest BCUT2D eigenvalue weighted by atomic mass is 16.4. The lowest BCUT2D eigenvalue weighted by Gasteiger charge is -2.24.